The van der Waals surface area contributed by atoms with Gasteiger partial charge in [0, 0.05) is 12.1 Å². The van der Waals surface area contributed by atoms with Crippen LogP contribution in [0.25, 0.3) is 0 Å². The van der Waals surface area contributed by atoms with Gasteiger partial charge in [0.15, 0.2) is 0 Å². The molecule has 0 radical (unpaired) electrons. The quantitative estimate of drug-likeness (QED) is 0.566. The Morgan fingerprint density at radius 1 is 1.33 bits per heavy atom. The second-order valence-electron chi connectivity index (χ2n) is 4.07. The van der Waals surface area contributed by atoms with Crippen molar-refractivity contribution in [1.29, 1.82) is 0 Å². The van der Waals surface area contributed by atoms with Crippen LogP contribution >= 0.6 is 0 Å². The Kier molecular flexibility index (Phi) is 5.26. The molecule has 0 amide bonds. The maximum atomic E-state index is 10.9. The van der Waals surface area contributed by atoms with E-state index >= 15 is 0 Å². The van der Waals surface area contributed by atoms with Gasteiger partial charge < -0.3 is 10.8 Å². The zero-order valence-corrected chi connectivity index (χ0v) is 9.91. The molecule has 1 atom stereocenters. The van der Waals surface area contributed by atoms with Gasteiger partial charge in [-0.15, -0.1) is 0 Å². The fourth-order valence-electron chi connectivity index (χ4n) is 1.72. The van der Waals surface area contributed by atoms with E-state index in [1.54, 1.807) is 12.1 Å². The maximum absolute atomic E-state index is 10.9. The molecule has 6 nitrogen and oxygen atoms in total. The van der Waals surface area contributed by atoms with Crippen LogP contribution in [0.5, 0.6) is 0 Å². The zero-order valence-electron chi connectivity index (χ0n) is 9.91. The molecule has 1 aromatic rings. The summed E-state index contributed by atoms with van der Waals surface area (Å²) in [6, 6.07) is 6.15. The number of carboxylic acid groups (broad SMARTS) is 1. The number of carbonyl (C=O) groups is 1. The lowest BCUT2D eigenvalue weighted by atomic mass is 9.96. The SMILES string of the molecule is NCCC(CCc1ccc([N+](=O)[O-])cc1)C(=O)O. The van der Waals surface area contributed by atoms with E-state index in [1.165, 1.54) is 12.1 Å². The number of rotatable bonds is 7. The molecular weight excluding hydrogens is 236 g/mol. The Morgan fingerprint density at radius 2 is 1.94 bits per heavy atom. The first-order valence-corrected chi connectivity index (χ1v) is 5.70. The van der Waals surface area contributed by atoms with Crippen molar-refractivity contribution in [1.82, 2.24) is 0 Å². The van der Waals surface area contributed by atoms with E-state index < -0.39 is 16.8 Å². The molecule has 0 fully saturated rings. The number of hydrogen-bond acceptors (Lipinski definition) is 4. The summed E-state index contributed by atoms with van der Waals surface area (Å²) in [5, 5.41) is 19.4. The summed E-state index contributed by atoms with van der Waals surface area (Å²) >= 11 is 0. The van der Waals surface area contributed by atoms with Gasteiger partial charge in [0.05, 0.1) is 10.8 Å². The van der Waals surface area contributed by atoms with E-state index in [2.05, 4.69) is 0 Å². The monoisotopic (exact) mass is 252 g/mol. The molecule has 0 heterocycles. The normalized spacial score (nSPS) is 12.1. The van der Waals surface area contributed by atoms with Crippen molar-refractivity contribution in [2.45, 2.75) is 19.3 Å². The van der Waals surface area contributed by atoms with Crippen LogP contribution in [0.4, 0.5) is 5.69 Å². The van der Waals surface area contributed by atoms with Gasteiger partial charge in [0.2, 0.25) is 0 Å². The van der Waals surface area contributed by atoms with Gasteiger partial charge in [-0.3, -0.25) is 14.9 Å². The average Bonchev–Trinajstić information content (AvgIpc) is 2.34. The molecular formula is C12H16N2O4. The molecule has 6 heteroatoms. The van der Waals surface area contributed by atoms with E-state index in [0.717, 1.165) is 5.56 Å². The number of nitro benzene ring substituents is 1. The molecule has 1 rings (SSSR count). The van der Waals surface area contributed by atoms with Crippen LogP contribution in [0.1, 0.15) is 18.4 Å². The molecule has 0 saturated heterocycles. The van der Waals surface area contributed by atoms with Crippen LogP contribution in [0.3, 0.4) is 0 Å². The standard InChI is InChI=1S/C12H16N2O4/c13-8-7-10(12(15)16)4-1-9-2-5-11(6-3-9)14(17)18/h2-3,5-6,10H,1,4,7-8,13H2,(H,15,16). The number of hydrogen-bond donors (Lipinski definition) is 2. The van der Waals surface area contributed by atoms with Crippen LogP contribution in [-0.4, -0.2) is 22.5 Å². The van der Waals surface area contributed by atoms with Crippen LogP contribution in [0, 0.1) is 16.0 Å². The predicted molar refractivity (Wildman–Crippen MR) is 66.2 cm³/mol. The van der Waals surface area contributed by atoms with Crippen molar-refractivity contribution in [3.63, 3.8) is 0 Å². The van der Waals surface area contributed by atoms with Crippen molar-refractivity contribution < 1.29 is 14.8 Å². The molecule has 3 N–H and O–H groups in total. The highest BCUT2D eigenvalue weighted by Gasteiger charge is 2.16. The highest BCUT2D eigenvalue weighted by Crippen LogP contribution is 2.16. The average molecular weight is 252 g/mol. The first kappa shape index (κ1) is 14.1. The number of aryl methyl sites for hydroxylation is 1. The number of nitrogens with zero attached hydrogens (tertiary/aromatic N) is 1. The Morgan fingerprint density at radius 3 is 2.39 bits per heavy atom. The smallest absolute Gasteiger partial charge is 0.306 e. The van der Waals surface area contributed by atoms with E-state index in [0.29, 0.717) is 25.8 Å². The summed E-state index contributed by atoms with van der Waals surface area (Å²) in [7, 11) is 0. The zero-order chi connectivity index (χ0) is 13.5. The van der Waals surface area contributed by atoms with E-state index in [4.69, 9.17) is 10.8 Å². The van der Waals surface area contributed by atoms with Gasteiger partial charge >= 0.3 is 5.97 Å². The van der Waals surface area contributed by atoms with Crippen molar-refractivity contribution >= 4 is 11.7 Å². The third kappa shape index (κ3) is 4.14. The molecule has 0 aliphatic carbocycles. The second-order valence-corrected chi connectivity index (χ2v) is 4.07. The summed E-state index contributed by atoms with van der Waals surface area (Å²) in [5.41, 5.74) is 6.28. The minimum Gasteiger partial charge on any atom is -0.481 e. The van der Waals surface area contributed by atoms with Gasteiger partial charge in [-0.1, -0.05) is 12.1 Å². The van der Waals surface area contributed by atoms with E-state index in [1.807, 2.05) is 0 Å². The lowest BCUT2D eigenvalue weighted by Crippen LogP contribution is -2.18. The summed E-state index contributed by atoms with van der Waals surface area (Å²) < 4.78 is 0. The molecule has 1 aromatic carbocycles. The Balaban J connectivity index is 2.56. The van der Waals surface area contributed by atoms with Crippen LogP contribution in [-0.2, 0) is 11.2 Å². The molecule has 1 unspecified atom stereocenters. The highest BCUT2D eigenvalue weighted by atomic mass is 16.6. The molecule has 0 aliphatic rings. The molecule has 0 spiro atoms. The third-order valence-corrected chi connectivity index (χ3v) is 2.79. The molecule has 0 bridgehead atoms. The predicted octanol–water partition coefficient (Wildman–Crippen LogP) is 1.58. The number of non-ortho nitro benzene ring substituents is 1. The van der Waals surface area contributed by atoms with Gasteiger partial charge in [0.25, 0.3) is 5.69 Å². The summed E-state index contributed by atoms with van der Waals surface area (Å²) in [4.78, 5) is 20.9. The fraction of sp³-hybridized carbons (Fsp3) is 0.417. The van der Waals surface area contributed by atoms with Crippen molar-refractivity contribution in [2.24, 2.45) is 11.7 Å². The third-order valence-electron chi connectivity index (χ3n) is 2.79. The molecule has 0 saturated carbocycles. The van der Waals surface area contributed by atoms with E-state index in [-0.39, 0.29) is 5.69 Å². The van der Waals surface area contributed by atoms with E-state index in [9.17, 15) is 14.9 Å². The number of nitrogens with two attached hydrogens (primary N) is 1. The fourth-order valence-corrected chi connectivity index (χ4v) is 1.72. The number of benzene rings is 1. The lowest BCUT2D eigenvalue weighted by Gasteiger charge is -2.10. The van der Waals surface area contributed by atoms with Crippen LogP contribution < -0.4 is 5.73 Å². The molecule has 0 aromatic heterocycles. The van der Waals surface area contributed by atoms with Crippen LogP contribution in [0.2, 0.25) is 0 Å². The first-order valence-electron chi connectivity index (χ1n) is 5.70. The summed E-state index contributed by atoms with van der Waals surface area (Å²) in [5.74, 6) is -1.30. The minimum absolute atomic E-state index is 0.0375. The largest absolute Gasteiger partial charge is 0.481 e. The van der Waals surface area contributed by atoms with Gasteiger partial charge in [-0.2, -0.15) is 0 Å². The van der Waals surface area contributed by atoms with Crippen molar-refractivity contribution in [2.75, 3.05) is 6.54 Å². The Labute approximate surface area is 105 Å². The highest BCUT2D eigenvalue weighted by molar-refractivity contribution is 5.69. The molecule has 98 valence electrons. The summed E-state index contributed by atoms with van der Waals surface area (Å²) in [6.45, 7) is 0.344. The molecule has 18 heavy (non-hydrogen) atoms. The number of carboxylic acids is 1. The van der Waals surface area contributed by atoms with Crippen molar-refractivity contribution in [3.05, 3.63) is 39.9 Å². The Bertz CT molecular complexity index is 417. The number of aliphatic carboxylic acids is 1. The maximum Gasteiger partial charge on any atom is 0.306 e. The molecule has 0 aliphatic heterocycles. The minimum atomic E-state index is -0.845. The topological polar surface area (TPSA) is 106 Å². The lowest BCUT2D eigenvalue weighted by molar-refractivity contribution is -0.384. The van der Waals surface area contributed by atoms with Crippen molar-refractivity contribution in [3.8, 4) is 0 Å². The summed E-state index contributed by atoms with van der Waals surface area (Å²) in [6.07, 6.45) is 1.52. The first-order chi connectivity index (χ1) is 8.54. The Hall–Kier alpha value is -1.95. The van der Waals surface area contributed by atoms with Crippen LogP contribution in [0.15, 0.2) is 24.3 Å². The van der Waals surface area contributed by atoms with Gasteiger partial charge in [-0.25, -0.2) is 0 Å². The second kappa shape index (κ2) is 6.70. The van der Waals surface area contributed by atoms with Gasteiger partial charge in [-0.05, 0) is 31.4 Å². The van der Waals surface area contributed by atoms with Gasteiger partial charge in [0.1, 0.15) is 0 Å². The number of nitro groups is 1.